The molecule has 0 aliphatic carbocycles. The molecule has 0 aliphatic rings. The molecule has 0 unspecified atom stereocenters. The first kappa shape index (κ1) is 12.1. The molecule has 0 N–H and O–H groups in total. The summed E-state index contributed by atoms with van der Waals surface area (Å²) in [5.41, 5.74) is 3.20. The average molecular weight is 289 g/mol. The summed E-state index contributed by atoms with van der Waals surface area (Å²) in [4.78, 5) is 11.6. The maximum atomic E-state index is 11.6. The Labute approximate surface area is 110 Å². The van der Waals surface area contributed by atoms with Crippen LogP contribution in [-0.4, -0.2) is 11.1 Å². The van der Waals surface area contributed by atoms with E-state index in [1.54, 1.807) is 0 Å². The Morgan fingerprint density at radius 1 is 0.941 bits per heavy atom. The van der Waals surface area contributed by atoms with E-state index in [1.165, 1.54) is 11.1 Å². The van der Waals surface area contributed by atoms with E-state index in [9.17, 15) is 4.79 Å². The minimum Gasteiger partial charge on any atom is -0.293 e. The lowest BCUT2D eigenvalue weighted by atomic mass is 10.0. The summed E-state index contributed by atoms with van der Waals surface area (Å²) in [6.07, 6.45) is 0.865. The van der Waals surface area contributed by atoms with E-state index in [-0.39, 0.29) is 5.78 Å². The second-order valence-corrected chi connectivity index (χ2v) is 4.48. The van der Waals surface area contributed by atoms with Gasteiger partial charge in [0.25, 0.3) is 0 Å². The third-order valence-corrected chi connectivity index (χ3v) is 3.13. The van der Waals surface area contributed by atoms with Crippen LogP contribution in [0.5, 0.6) is 0 Å². The maximum Gasteiger partial charge on any atom is 0.173 e. The second-order valence-electron chi connectivity index (χ2n) is 3.92. The van der Waals surface area contributed by atoms with Crippen LogP contribution in [0.4, 0.5) is 0 Å². The summed E-state index contributed by atoms with van der Waals surface area (Å²) in [6.45, 7) is 0. The van der Waals surface area contributed by atoms with Crippen molar-refractivity contribution in [2.45, 2.75) is 6.42 Å². The first-order valence-corrected chi connectivity index (χ1v) is 6.64. The number of hydrogen-bond acceptors (Lipinski definition) is 1. The lowest BCUT2D eigenvalue weighted by molar-refractivity contribution is 0.102. The molecule has 86 valence electrons. The number of alkyl halides is 1. The number of carbonyl (C=O) groups is 1. The van der Waals surface area contributed by atoms with Gasteiger partial charge in [0.15, 0.2) is 5.78 Å². The summed E-state index contributed by atoms with van der Waals surface area (Å²) < 4.78 is 0. The first-order valence-electron chi connectivity index (χ1n) is 5.51. The highest BCUT2D eigenvalue weighted by Crippen LogP contribution is 2.12. The average Bonchev–Trinajstić information content (AvgIpc) is 2.39. The van der Waals surface area contributed by atoms with Gasteiger partial charge in [0.05, 0.1) is 5.33 Å². The van der Waals surface area contributed by atoms with Crippen molar-refractivity contribution >= 4 is 21.7 Å². The Morgan fingerprint density at radius 3 is 2.35 bits per heavy atom. The number of rotatable bonds is 4. The van der Waals surface area contributed by atoms with Crippen LogP contribution >= 0.6 is 15.9 Å². The summed E-state index contributed by atoms with van der Waals surface area (Å²) in [6, 6.07) is 18.1. The Kier molecular flexibility index (Phi) is 4.10. The van der Waals surface area contributed by atoms with Crippen LogP contribution in [0.15, 0.2) is 54.6 Å². The summed E-state index contributed by atoms with van der Waals surface area (Å²) >= 11 is 3.19. The molecule has 0 amide bonds. The van der Waals surface area contributed by atoms with Gasteiger partial charge in [-0.3, -0.25) is 4.79 Å². The van der Waals surface area contributed by atoms with E-state index in [0.29, 0.717) is 5.33 Å². The van der Waals surface area contributed by atoms with Crippen molar-refractivity contribution in [3.05, 3.63) is 71.3 Å². The largest absolute Gasteiger partial charge is 0.293 e. The molecule has 0 aromatic heterocycles. The summed E-state index contributed by atoms with van der Waals surface area (Å²) in [5, 5.41) is 0.377. The lowest BCUT2D eigenvalue weighted by Crippen LogP contribution is -2.00. The number of benzene rings is 2. The quantitative estimate of drug-likeness (QED) is 0.617. The maximum absolute atomic E-state index is 11.6. The van der Waals surface area contributed by atoms with Crippen LogP contribution in [0, 0.1) is 0 Å². The van der Waals surface area contributed by atoms with Gasteiger partial charge in [-0.15, -0.1) is 0 Å². The van der Waals surface area contributed by atoms with Gasteiger partial charge in [-0.05, 0) is 23.6 Å². The van der Waals surface area contributed by atoms with Crippen LogP contribution in [-0.2, 0) is 6.42 Å². The predicted octanol–water partition coefficient (Wildman–Crippen LogP) is 3.86. The minimum atomic E-state index is 0.125. The van der Waals surface area contributed by atoms with Gasteiger partial charge in [0.2, 0.25) is 0 Å². The van der Waals surface area contributed by atoms with Crippen LogP contribution in [0.2, 0.25) is 0 Å². The molecule has 0 fully saturated rings. The van der Waals surface area contributed by atoms with Crippen molar-refractivity contribution < 1.29 is 4.79 Å². The Bertz CT molecular complexity index is 505. The van der Waals surface area contributed by atoms with Crippen molar-refractivity contribution in [1.82, 2.24) is 0 Å². The van der Waals surface area contributed by atoms with Crippen LogP contribution < -0.4 is 0 Å². The van der Waals surface area contributed by atoms with Gasteiger partial charge < -0.3 is 0 Å². The van der Waals surface area contributed by atoms with E-state index in [4.69, 9.17) is 0 Å². The van der Waals surface area contributed by atoms with E-state index in [2.05, 4.69) is 34.1 Å². The molecule has 0 spiro atoms. The van der Waals surface area contributed by atoms with E-state index in [0.717, 1.165) is 12.0 Å². The standard InChI is InChI=1S/C15H13BrO/c16-11-15(17)14-8-4-7-13(10-14)9-12-5-2-1-3-6-12/h1-8,10H,9,11H2. The van der Waals surface area contributed by atoms with Gasteiger partial charge in [0, 0.05) is 5.56 Å². The van der Waals surface area contributed by atoms with Crippen molar-refractivity contribution in [1.29, 1.82) is 0 Å². The molecule has 0 saturated carbocycles. The molecule has 0 heterocycles. The third kappa shape index (κ3) is 3.27. The Morgan fingerprint density at radius 2 is 1.65 bits per heavy atom. The molecule has 2 rings (SSSR count). The van der Waals surface area contributed by atoms with Crippen molar-refractivity contribution in [2.75, 3.05) is 5.33 Å². The zero-order valence-electron chi connectivity index (χ0n) is 9.40. The molecule has 0 aliphatic heterocycles. The molecule has 2 aromatic rings. The molecular weight excluding hydrogens is 276 g/mol. The van der Waals surface area contributed by atoms with Crippen LogP contribution in [0.25, 0.3) is 0 Å². The first-order chi connectivity index (χ1) is 8.29. The van der Waals surface area contributed by atoms with Gasteiger partial charge in [-0.1, -0.05) is 64.5 Å². The van der Waals surface area contributed by atoms with E-state index in [1.807, 2.05) is 36.4 Å². The van der Waals surface area contributed by atoms with Gasteiger partial charge >= 0.3 is 0 Å². The van der Waals surface area contributed by atoms with Crippen molar-refractivity contribution in [2.24, 2.45) is 0 Å². The molecule has 0 atom stereocenters. The summed E-state index contributed by atoms with van der Waals surface area (Å²) in [7, 11) is 0. The fourth-order valence-electron chi connectivity index (χ4n) is 1.76. The Hall–Kier alpha value is -1.41. The number of halogens is 1. The van der Waals surface area contributed by atoms with E-state index >= 15 is 0 Å². The molecule has 0 radical (unpaired) electrons. The van der Waals surface area contributed by atoms with Crippen molar-refractivity contribution in [3.8, 4) is 0 Å². The monoisotopic (exact) mass is 288 g/mol. The molecule has 1 nitrogen and oxygen atoms in total. The zero-order chi connectivity index (χ0) is 12.1. The molecule has 2 aromatic carbocycles. The number of carbonyl (C=O) groups excluding carboxylic acids is 1. The topological polar surface area (TPSA) is 17.1 Å². The fraction of sp³-hybridized carbons (Fsp3) is 0.133. The molecule has 0 bridgehead atoms. The zero-order valence-corrected chi connectivity index (χ0v) is 11.0. The lowest BCUT2D eigenvalue weighted by Gasteiger charge is -2.04. The van der Waals surface area contributed by atoms with Gasteiger partial charge in [-0.25, -0.2) is 0 Å². The van der Waals surface area contributed by atoms with E-state index < -0.39 is 0 Å². The highest BCUT2D eigenvalue weighted by molar-refractivity contribution is 9.09. The smallest absolute Gasteiger partial charge is 0.173 e. The number of ketones is 1. The highest BCUT2D eigenvalue weighted by atomic mass is 79.9. The summed E-state index contributed by atoms with van der Waals surface area (Å²) in [5.74, 6) is 0.125. The molecule has 0 saturated heterocycles. The third-order valence-electron chi connectivity index (χ3n) is 2.62. The SMILES string of the molecule is O=C(CBr)c1cccc(Cc2ccccc2)c1. The molecule has 17 heavy (non-hydrogen) atoms. The van der Waals surface area contributed by atoms with Crippen LogP contribution in [0.3, 0.4) is 0 Å². The van der Waals surface area contributed by atoms with Gasteiger partial charge in [0.1, 0.15) is 0 Å². The molecular formula is C15H13BrO. The normalized spacial score (nSPS) is 10.2. The Balaban J connectivity index is 2.20. The predicted molar refractivity (Wildman–Crippen MR) is 73.8 cm³/mol. The van der Waals surface area contributed by atoms with Gasteiger partial charge in [-0.2, -0.15) is 0 Å². The minimum absolute atomic E-state index is 0.125. The fourth-order valence-corrected chi connectivity index (χ4v) is 2.09. The van der Waals surface area contributed by atoms with Crippen molar-refractivity contribution in [3.63, 3.8) is 0 Å². The number of hydrogen-bond donors (Lipinski definition) is 0. The molecule has 2 heteroatoms. The van der Waals surface area contributed by atoms with Crippen LogP contribution in [0.1, 0.15) is 21.5 Å². The number of Topliss-reactive ketones (excluding diaryl/α,β-unsaturated/α-hetero) is 1. The highest BCUT2D eigenvalue weighted by Gasteiger charge is 2.04. The second kappa shape index (κ2) is 5.78.